The average molecular weight is 280 g/mol. The number of hydrogen-bond donors (Lipinski definition) is 3. The quantitative estimate of drug-likeness (QED) is 0.784. The lowest BCUT2D eigenvalue weighted by molar-refractivity contribution is 0.432. The van der Waals surface area contributed by atoms with Gasteiger partial charge in [-0.1, -0.05) is 29.8 Å². The molecule has 0 aliphatic carbocycles. The van der Waals surface area contributed by atoms with Crippen molar-refractivity contribution >= 4 is 11.6 Å². The van der Waals surface area contributed by atoms with E-state index in [9.17, 15) is 9.90 Å². The van der Waals surface area contributed by atoms with Crippen LogP contribution in [0.4, 0.5) is 0 Å². The van der Waals surface area contributed by atoms with Crippen LogP contribution in [0, 0.1) is 0 Å². The third-order valence-corrected chi connectivity index (χ3v) is 2.98. The molecule has 1 aromatic carbocycles. The monoisotopic (exact) mass is 279 g/mol. The van der Waals surface area contributed by atoms with Gasteiger partial charge in [0, 0.05) is 10.6 Å². The molecule has 0 spiro atoms. The van der Waals surface area contributed by atoms with Crippen LogP contribution in [-0.4, -0.2) is 15.1 Å². The summed E-state index contributed by atoms with van der Waals surface area (Å²) in [6, 6.07) is 6.74. The van der Waals surface area contributed by atoms with Crippen LogP contribution >= 0.6 is 11.6 Å². The van der Waals surface area contributed by atoms with Gasteiger partial charge in [-0.3, -0.25) is 4.79 Å². The Morgan fingerprint density at radius 3 is 2.53 bits per heavy atom. The Morgan fingerprint density at radius 1 is 1.37 bits per heavy atom. The highest BCUT2D eigenvalue weighted by molar-refractivity contribution is 6.33. The normalized spacial score (nSPS) is 11.6. The molecule has 0 radical (unpaired) electrons. The first kappa shape index (κ1) is 13.6. The van der Waals surface area contributed by atoms with Crippen molar-refractivity contribution in [2.45, 2.75) is 19.4 Å². The highest BCUT2D eigenvalue weighted by Crippen LogP contribution is 2.30. The standard InChI is InChI=1S/C13H14ClN3O2/c1-13(2,15)12-16-10(18)9(11(19)17-12)7-5-3-4-6-8(7)14/h3-6H,15H2,1-2H3,(H2,16,17,18,19). The fourth-order valence-corrected chi connectivity index (χ4v) is 1.90. The Labute approximate surface area is 115 Å². The maximum Gasteiger partial charge on any atom is 0.262 e. The molecular weight excluding hydrogens is 266 g/mol. The molecule has 6 heteroatoms. The number of rotatable bonds is 2. The van der Waals surface area contributed by atoms with E-state index in [2.05, 4.69) is 9.97 Å². The summed E-state index contributed by atoms with van der Waals surface area (Å²) in [5.74, 6) is -0.170. The van der Waals surface area contributed by atoms with E-state index in [1.807, 2.05) is 0 Å². The van der Waals surface area contributed by atoms with Gasteiger partial charge in [0.25, 0.3) is 5.56 Å². The number of benzene rings is 1. The zero-order chi connectivity index (χ0) is 14.2. The highest BCUT2D eigenvalue weighted by Gasteiger charge is 2.22. The van der Waals surface area contributed by atoms with Crippen molar-refractivity contribution in [2.24, 2.45) is 5.73 Å². The second kappa shape index (κ2) is 4.68. The SMILES string of the molecule is CC(C)(N)c1nc(O)c(-c2ccccc2Cl)c(=O)[nH]1. The van der Waals surface area contributed by atoms with E-state index < -0.39 is 11.1 Å². The molecule has 4 N–H and O–H groups in total. The number of aromatic nitrogens is 2. The van der Waals surface area contributed by atoms with E-state index in [0.717, 1.165) is 0 Å². The van der Waals surface area contributed by atoms with E-state index in [1.54, 1.807) is 38.1 Å². The molecule has 100 valence electrons. The lowest BCUT2D eigenvalue weighted by Gasteiger charge is -2.18. The first-order valence-electron chi connectivity index (χ1n) is 5.68. The summed E-state index contributed by atoms with van der Waals surface area (Å²) in [5.41, 5.74) is 4.98. The van der Waals surface area contributed by atoms with Crippen molar-refractivity contribution in [2.75, 3.05) is 0 Å². The lowest BCUT2D eigenvalue weighted by atomic mass is 10.0. The summed E-state index contributed by atoms with van der Waals surface area (Å²) in [6.45, 7) is 3.36. The van der Waals surface area contributed by atoms with Crippen molar-refractivity contribution in [3.63, 3.8) is 0 Å². The number of halogens is 1. The zero-order valence-electron chi connectivity index (χ0n) is 10.6. The van der Waals surface area contributed by atoms with Crippen LogP contribution in [-0.2, 0) is 5.54 Å². The number of nitrogens with zero attached hydrogens (tertiary/aromatic N) is 1. The Hall–Kier alpha value is -1.85. The van der Waals surface area contributed by atoms with Crippen LogP contribution in [0.2, 0.25) is 5.02 Å². The van der Waals surface area contributed by atoms with Crippen molar-refractivity contribution in [3.05, 3.63) is 45.5 Å². The molecule has 0 bridgehead atoms. The molecular formula is C13H14ClN3O2. The molecule has 1 aromatic heterocycles. The summed E-state index contributed by atoms with van der Waals surface area (Å²) in [7, 11) is 0. The van der Waals surface area contributed by atoms with E-state index >= 15 is 0 Å². The molecule has 0 aliphatic rings. The second-order valence-corrected chi connectivity index (χ2v) is 5.22. The first-order valence-corrected chi connectivity index (χ1v) is 6.06. The van der Waals surface area contributed by atoms with Gasteiger partial charge in [-0.15, -0.1) is 0 Å². The number of hydrogen-bond acceptors (Lipinski definition) is 4. The topological polar surface area (TPSA) is 92.0 Å². The minimum atomic E-state index is -0.852. The first-order chi connectivity index (χ1) is 8.80. The maximum atomic E-state index is 12.1. The van der Waals surface area contributed by atoms with Crippen molar-refractivity contribution < 1.29 is 5.11 Å². The Morgan fingerprint density at radius 2 is 2.00 bits per heavy atom. The van der Waals surface area contributed by atoms with Gasteiger partial charge in [0.15, 0.2) is 0 Å². The number of aromatic hydroxyl groups is 1. The van der Waals surface area contributed by atoms with Gasteiger partial charge in [-0.25, -0.2) is 0 Å². The summed E-state index contributed by atoms with van der Waals surface area (Å²) in [4.78, 5) is 18.6. The van der Waals surface area contributed by atoms with Crippen molar-refractivity contribution in [1.82, 2.24) is 9.97 Å². The molecule has 2 rings (SSSR count). The summed E-state index contributed by atoms with van der Waals surface area (Å²) >= 11 is 6.02. The molecule has 0 saturated heterocycles. The largest absolute Gasteiger partial charge is 0.493 e. The fraction of sp³-hybridized carbons (Fsp3) is 0.231. The van der Waals surface area contributed by atoms with Gasteiger partial charge < -0.3 is 15.8 Å². The molecule has 0 amide bonds. The number of nitrogens with two attached hydrogens (primary N) is 1. The molecule has 0 unspecified atom stereocenters. The highest BCUT2D eigenvalue weighted by atomic mass is 35.5. The van der Waals surface area contributed by atoms with Gasteiger partial charge in [-0.2, -0.15) is 4.98 Å². The maximum absolute atomic E-state index is 12.1. The van der Waals surface area contributed by atoms with E-state index in [1.165, 1.54) is 0 Å². The van der Waals surface area contributed by atoms with Crippen LogP contribution in [0.5, 0.6) is 5.88 Å². The van der Waals surface area contributed by atoms with Gasteiger partial charge >= 0.3 is 0 Å². The van der Waals surface area contributed by atoms with Crippen LogP contribution < -0.4 is 11.3 Å². The molecule has 5 nitrogen and oxygen atoms in total. The predicted molar refractivity (Wildman–Crippen MR) is 74.2 cm³/mol. The number of aromatic amines is 1. The van der Waals surface area contributed by atoms with Crippen LogP contribution in [0.1, 0.15) is 19.7 Å². The predicted octanol–water partition coefficient (Wildman–Crippen LogP) is 1.99. The van der Waals surface area contributed by atoms with Gasteiger partial charge in [0.05, 0.1) is 5.54 Å². The average Bonchev–Trinajstić information content (AvgIpc) is 2.29. The van der Waals surface area contributed by atoms with Crippen LogP contribution in [0.15, 0.2) is 29.1 Å². The third kappa shape index (κ3) is 2.62. The number of H-pyrrole nitrogens is 1. The zero-order valence-corrected chi connectivity index (χ0v) is 11.3. The number of nitrogens with one attached hydrogen (secondary N) is 1. The smallest absolute Gasteiger partial charge is 0.262 e. The molecule has 19 heavy (non-hydrogen) atoms. The molecule has 1 heterocycles. The fourth-order valence-electron chi connectivity index (χ4n) is 1.67. The van der Waals surface area contributed by atoms with Crippen LogP contribution in [0.3, 0.4) is 0 Å². The van der Waals surface area contributed by atoms with Gasteiger partial charge in [-0.05, 0) is 19.9 Å². The van der Waals surface area contributed by atoms with Gasteiger partial charge in [0.1, 0.15) is 11.4 Å². The van der Waals surface area contributed by atoms with E-state index in [0.29, 0.717) is 10.6 Å². The third-order valence-electron chi connectivity index (χ3n) is 2.65. The Bertz CT molecular complexity index is 674. The Balaban J connectivity index is 2.68. The Kier molecular flexibility index (Phi) is 3.34. The van der Waals surface area contributed by atoms with Gasteiger partial charge in [0.2, 0.25) is 5.88 Å². The van der Waals surface area contributed by atoms with Crippen molar-refractivity contribution in [1.29, 1.82) is 0 Å². The van der Waals surface area contributed by atoms with Crippen LogP contribution in [0.25, 0.3) is 11.1 Å². The molecule has 0 atom stereocenters. The minimum absolute atomic E-state index is 0.0404. The molecule has 2 aromatic rings. The summed E-state index contributed by atoms with van der Waals surface area (Å²) < 4.78 is 0. The van der Waals surface area contributed by atoms with Crippen molar-refractivity contribution in [3.8, 4) is 17.0 Å². The minimum Gasteiger partial charge on any atom is -0.493 e. The molecule has 0 aliphatic heterocycles. The summed E-state index contributed by atoms with van der Waals surface area (Å²) in [6.07, 6.45) is 0. The van der Waals surface area contributed by atoms with E-state index in [-0.39, 0.29) is 17.3 Å². The summed E-state index contributed by atoms with van der Waals surface area (Å²) in [5, 5.41) is 10.3. The molecule has 0 saturated carbocycles. The lowest BCUT2D eigenvalue weighted by Crippen LogP contribution is -2.33. The second-order valence-electron chi connectivity index (χ2n) is 4.81. The molecule has 0 fully saturated rings. The van der Waals surface area contributed by atoms with E-state index in [4.69, 9.17) is 17.3 Å².